The number of nitrogens with two attached hydrogens (primary N) is 1. The Morgan fingerprint density at radius 3 is 2.32 bits per heavy atom. The molecule has 2 atom stereocenters. The van der Waals surface area contributed by atoms with Gasteiger partial charge in [0.05, 0.1) is 33.8 Å². The molecular weight excluding hydrogens is 463 g/mol. The van der Waals surface area contributed by atoms with Gasteiger partial charge in [0.15, 0.2) is 0 Å². The number of alkyl halides is 1. The number of allylic oxidation sites excluding steroid dienone is 1. The van der Waals surface area contributed by atoms with E-state index in [2.05, 4.69) is 65.3 Å². The Labute approximate surface area is 181 Å². The predicted molar refractivity (Wildman–Crippen MR) is 123 cm³/mol. The van der Waals surface area contributed by atoms with Gasteiger partial charge in [-0.25, -0.2) is 5.84 Å². The lowest BCUT2D eigenvalue weighted by molar-refractivity contribution is 0.436. The van der Waals surface area contributed by atoms with Crippen molar-refractivity contribution in [3.63, 3.8) is 0 Å². The quantitative estimate of drug-likeness (QED) is 0.197. The molecule has 2 rings (SSSR count). The number of benzene rings is 1. The summed E-state index contributed by atoms with van der Waals surface area (Å²) in [4.78, 5) is 4.38. The number of hydrogen-bond acceptors (Lipinski definition) is 6. The van der Waals surface area contributed by atoms with Gasteiger partial charge in [-0.3, -0.25) is 0 Å². The van der Waals surface area contributed by atoms with Crippen molar-refractivity contribution >= 4 is 34.0 Å². The fraction of sp³-hybridized carbons (Fsp3) is 0.429. The fourth-order valence-corrected chi connectivity index (χ4v) is 4.24. The molecule has 0 bridgehead atoms. The van der Waals surface area contributed by atoms with Gasteiger partial charge >= 0.3 is 0 Å². The van der Waals surface area contributed by atoms with Crippen molar-refractivity contribution < 1.29 is 0 Å². The number of likely N-dealkylation sites (N-methyl/N-ethyl adjacent to an activating group) is 1. The number of hydrogen-bond donors (Lipinski definition) is 1. The maximum absolute atomic E-state index is 9.71. The van der Waals surface area contributed by atoms with E-state index >= 15 is 0 Å². The second kappa shape index (κ2) is 10.4. The predicted octanol–water partition coefficient (Wildman–Crippen LogP) is 3.76. The van der Waals surface area contributed by atoms with Crippen LogP contribution in [0.2, 0.25) is 0 Å². The minimum Gasteiger partial charge on any atom is -0.372 e. The van der Waals surface area contributed by atoms with Crippen LogP contribution in [0.3, 0.4) is 0 Å². The SMILES string of the molecule is CCN(CI)C1=CC(C#N)C(N(N)c2ccc(N(CC)CC)cc2C#N)C=C1. The van der Waals surface area contributed by atoms with Crippen LogP contribution in [0.25, 0.3) is 0 Å². The summed E-state index contributed by atoms with van der Waals surface area (Å²) < 4.78 is 0.852. The van der Waals surface area contributed by atoms with E-state index < -0.39 is 5.92 Å². The number of hydrazine groups is 1. The van der Waals surface area contributed by atoms with Crippen LogP contribution in [0, 0.1) is 28.6 Å². The van der Waals surface area contributed by atoms with Crippen molar-refractivity contribution in [2.45, 2.75) is 26.8 Å². The lowest BCUT2D eigenvalue weighted by Gasteiger charge is -2.34. The van der Waals surface area contributed by atoms with Crippen LogP contribution in [0.1, 0.15) is 26.3 Å². The van der Waals surface area contributed by atoms with Gasteiger partial charge < -0.3 is 14.8 Å². The van der Waals surface area contributed by atoms with Crippen LogP contribution in [0.15, 0.2) is 42.1 Å². The molecule has 1 aromatic carbocycles. The molecule has 7 heteroatoms. The van der Waals surface area contributed by atoms with Crippen molar-refractivity contribution in [2.75, 3.05) is 34.1 Å². The molecule has 0 spiro atoms. The average Bonchev–Trinajstić information content (AvgIpc) is 2.74. The summed E-state index contributed by atoms with van der Waals surface area (Å²) >= 11 is 2.32. The molecule has 0 radical (unpaired) electrons. The monoisotopic (exact) mass is 490 g/mol. The van der Waals surface area contributed by atoms with Crippen LogP contribution in [0.5, 0.6) is 0 Å². The third kappa shape index (κ3) is 4.60. The topological polar surface area (TPSA) is 83.3 Å². The zero-order valence-electron chi connectivity index (χ0n) is 16.6. The second-order valence-electron chi connectivity index (χ2n) is 6.46. The summed E-state index contributed by atoms with van der Waals surface area (Å²) in [7, 11) is 0. The van der Waals surface area contributed by atoms with Crippen molar-refractivity contribution in [1.82, 2.24) is 4.90 Å². The zero-order chi connectivity index (χ0) is 20.7. The lowest BCUT2D eigenvalue weighted by atomic mass is 9.93. The van der Waals surface area contributed by atoms with Gasteiger partial charge in [0.2, 0.25) is 0 Å². The van der Waals surface area contributed by atoms with Crippen molar-refractivity contribution in [1.29, 1.82) is 10.5 Å². The smallest absolute Gasteiger partial charge is 0.101 e. The molecule has 1 aliphatic rings. The first-order valence-electron chi connectivity index (χ1n) is 9.48. The molecule has 0 heterocycles. The van der Waals surface area contributed by atoms with Gasteiger partial charge in [-0.1, -0.05) is 28.7 Å². The normalized spacial score (nSPS) is 18.0. The first-order valence-corrected chi connectivity index (χ1v) is 11.0. The van der Waals surface area contributed by atoms with E-state index in [4.69, 9.17) is 5.84 Å². The Kier molecular flexibility index (Phi) is 8.16. The number of halogens is 1. The van der Waals surface area contributed by atoms with Crippen molar-refractivity contribution in [3.8, 4) is 12.1 Å². The Bertz CT molecular complexity index is 811. The summed E-state index contributed by atoms with van der Waals surface area (Å²) in [5.74, 6) is 6.02. The molecule has 2 unspecified atom stereocenters. The van der Waals surface area contributed by atoms with E-state index in [-0.39, 0.29) is 6.04 Å². The molecule has 0 saturated carbocycles. The van der Waals surface area contributed by atoms with Gasteiger partial charge in [0, 0.05) is 31.0 Å². The van der Waals surface area contributed by atoms with E-state index in [9.17, 15) is 10.5 Å². The summed E-state index contributed by atoms with van der Waals surface area (Å²) in [6, 6.07) is 10.0. The highest BCUT2D eigenvalue weighted by Gasteiger charge is 2.28. The molecule has 28 heavy (non-hydrogen) atoms. The highest BCUT2D eigenvalue weighted by atomic mass is 127. The standard InChI is InChI=1S/C21H27IN6/c1-4-26(5-2)18-7-9-20(16(11-18)13-23)28(25)21-10-8-19(12-17(21)14-24)27(6-3)15-22/h7-12,17,21H,4-6,15,25H2,1-3H3. The summed E-state index contributed by atoms with van der Waals surface area (Å²) in [6.07, 6.45) is 5.93. The maximum Gasteiger partial charge on any atom is 0.101 e. The molecule has 148 valence electrons. The van der Waals surface area contributed by atoms with E-state index in [1.54, 1.807) is 5.01 Å². The van der Waals surface area contributed by atoms with E-state index in [1.807, 2.05) is 36.4 Å². The molecule has 6 nitrogen and oxygen atoms in total. The van der Waals surface area contributed by atoms with E-state index in [1.165, 1.54) is 0 Å². The van der Waals surface area contributed by atoms with Gasteiger partial charge in [-0.2, -0.15) is 10.5 Å². The molecule has 0 fully saturated rings. The highest BCUT2D eigenvalue weighted by Crippen LogP contribution is 2.30. The molecule has 1 aliphatic carbocycles. The molecule has 0 saturated heterocycles. The fourth-order valence-electron chi connectivity index (χ4n) is 3.37. The maximum atomic E-state index is 9.71. The summed E-state index contributed by atoms with van der Waals surface area (Å²) in [6.45, 7) is 8.87. The first-order chi connectivity index (χ1) is 13.5. The van der Waals surface area contributed by atoms with Gasteiger partial charge in [0.1, 0.15) is 6.07 Å². The lowest BCUT2D eigenvalue weighted by Crippen LogP contribution is -2.45. The first kappa shape index (κ1) is 22.1. The largest absolute Gasteiger partial charge is 0.372 e. The number of nitriles is 2. The van der Waals surface area contributed by atoms with Gasteiger partial charge in [0.25, 0.3) is 0 Å². The number of anilines is 2. The Morgan fingerprint density at radius 2 is 1.79 bits per heavy atom. The molecule has 0 aliphatic heterocycles. The van der Waals surface area contributed by atoms with E-state index in [0.717, 1.165) is 35.6 Å². The Morgan fingerprint density at radius 1 is 1.11 bits per heavy atom. The average molecular weight is 490 g/mol. The minimum absolute atomic E-state index is 0.326. The van der Waals surface area contributed by atoms with Gasteiger partial charge in [-0.05, 0) is 51.1 Å². The Balaban J connectivity index is 2.33. The highest BCUT2D eigenvalue weighted by molar-refractivity contribution is 14.1. The molecule has 2 N–H and O–H groups in total. The van der Waals surface area contributed by atoms with Crippen molar-refractivity contribution in [3.05, 3.63) is 47.7 Å². The molecular formula is C21H27IN6. The van der Waals surface area contributed by atoms with Crippen molar-refractivity contribution in [2.24, 2.45) is 11.8 Å². The Hall–Kier alpha value is -2.23. The number of rotatable bonds is 8. The third-order valence-electron chi connectivity index (χ3n) is 5.05. The summed E-state index contributed by atoms with van der Waals surface area (Å²) in [5.41, 5.74) is 3.17. The second-order valence-corrected chi connectivity index (χ2v) is 7.15. The van der Waals surface area contributed by atoms with E-state index in [0.29, 0.717) is 11.3 Å². The van der Waals surface area contributed by atoms with Gasteiger partial charge in [-0.15, -0.1) is 0 Å². The number of nitrogens with zero attached hydrogens (tertiary/aromatic N) is 5. The molecule has 1 aromatic rings. The van der Waals surface area contributed by atoms with Crippen LogP contribution in [-0.4, -0.2) is 35.1 Å². The zero-order valence-corrected chi connectivity index (χ0v) is 18.8. The van der Waals surface area contributed by atoms with Crippen LogP contribution >= 0.6 is 22.6 Å². The third-order valence-corrected chi connectivity index (χ3v) is 5.87. The minimum atomic E-state index is -0.393. The molecule has 0 amide bonds. The van der Waals surface area contributed by atoms with Crippen LogP contribution in [0.4, 0.5) is 11.4 Å². The summed E-state index contributed by atoms with van der Waals surface area (Å²) in [5, 5.41) is 20.9. The van der Waals surface area contributed by atoms with Crippen LogP contribution in [-0.2, 0) is 0 Å². The molecule has 0 aromatic heterocycles. The van der Waals surface area contributed by atoms with Crippen LogP contribution < -0.4 is 15.8 Å².